The van der Waals surface area contributed by atoms with Gasteiger partial charge in [-0.3, -0.25) is 0 Å². The molecule has 4 nitrogen and oxygen atoms in total. The Morgan fingerprint density at radius 2 is 2.42 bits per heavy atom. The summed E-state index contributed by atoms with van der Waals surface area (Å²) >= 11 is 4.66. The Morgan fingerprint density at radius 3 is 2.83 bits per heavy atom. The SMILES string of the molecule is CC1(C)OCC(CNC(N)=S)O1. The van der Waals surface area contributed by atoms with Crippen molar-refractivity contribution < 1.29 is 9.47 Å². The molecule has 1 heterocycles. The third kappa shape index (κ3) is 2.92. The van der Waals surface area contributed by atoms with E-state index in [0.717, 1.165) is 0 Å². The highest BCUT2D eigenvalue weighted by Crippen LogP contribution is 2.21. The topological polar surface area (TPSA) is 56.5 Å². The number of ether oxygens (including phenoxy) is 2. The smallest absolute Gasteiger partial charge is 0.163 e. The summed E-state index contributed by atoms with van der Waals surface area (Å²) < 4.78 is 10.8. The van der Waals surface area contributed by atoms with Crippen molar-refractivity contribution in [2.75, 3.05) is 13.2 Å². The van der Waals surface area contributed by atoms with E-state index in [9.17, 15) is 0 Å². The molecule has 0 aromatic heterocycles. The monoisotopic (exact) mass is 190 g/mol. The van der Waals surface area contributed by atoms with Crippen LogP contribution < -0.4 is 11.1 Å². The molecule has 70 valence electrons. The van der Waals surface area contributed by atoms with Crippen molar-refractivity contribution in [3.05, 3.63) is 0 Å². The minimum Gasteiger partial charge on any atom is -0.376 e. The fourth-order valence-electron chi connectivity index (χ4n) is 1.08. The van der Waals surface area contributed by atoms with Crippen LogP contribution in [0.1, 0.15) is 13.8 Å². The van der Waals surface area contributed by atoms with Crippen LogP contribution >= 0.6 is 12.2 Å². The van der Waals surface area contributed by atoms with Gasteiger partial charge in [0.15, 0.2) is 10.9 Å². The molecule has 0 aliphatic carbocycles. The van der Waals surface area contributed by atoms with E-state index in [0.29, 0.717) is 18.3 Å². The van der Waals surface area contributed by atoms with Gasteiger partial charge >= 0.3 is 0 Å². The molecule has 1 saturated heterocycles. The molecule has 1 atom stereocenters. The van der Waals surface area contributed by atoms with E-state index in [1.54, 1.807) is 0 Å². The number of rotatable bonds is 2. The maximum atomic E-state index is 5.50. The Bertz CT molecular complexity index is 184. The second kappa shape index (κ2) is 3.55. The second-order valence-corrected chi connectivity index (χ2v) is 3.64. The van der Waals surface area contributed by atoms with Crippen LogP contribution in [-0.4, -0.2) is 30.2 Å². The van der Waals surface area contributed by atoms with E-state index >= 15 is 0 Å². The van der Waals surface area contributed by atoms with Crippen molar-refractivity contribution in [3.8, 4) is 0 Å². The largest absolute Gasteiger partial charge is 0.376 e. The van der Waals surface area contributed by atoms with E-state index in [4.69, 9.17) is 15.2 Å². The van der Waals surface area contributed by atoms with Crippen molar-refractivity contribution in [1.29, 1.82) is 0 Å². The normalized spacial score (nSPS) is 27.0. The van der Waals surface area contributed by atoms with Gasteiger partial charge in [0, 0.05) is 6.54 Å². The van der Waals surface area contributed by atoms with E-state index < -0.39 is 5.79 Å². The fourth-order valence-corrected chi connectivity index (χ4v) is 1.16. The minimum atomic E-state index is -0.470. The lowest BCUT2D eigenvalue weighted by Crippen LogP contribution is -2.37. The number of hydrogen-bond donors (Lipinski definition) is 2. The first kappa shape index (κ1) is 9.70. The molecule has 0 bridgehead atoms. The molecule has 0 radical (unpaired) electrons. The van der Waals surface area contributed by atoms with Crippen molar-refractivity contribution in [3.63, 3.8) is 0 Å². The number of hydrogen-bond acceptors (Lipinski definition) is 3. The molecule has 12 heavy (non-hydrogen) atoms. The molecule has 0 amide bonds. The lowest BCUT2D eigenvalue weighted by atomic mass is 10.4. The third-order valence-corrected chi connectivity index (χ3v) is 1.72. The first-order chi connectivity index (χ1) is 5.49. The summed E-state index contributed by atoms with van der Waals surface area (Å²) in [4.78, 5) is 0. The van der Waals surface area contributed by atoms with Crippen molar-refractivity contribution in [2.45, 2.75) is 25.7 Å². The zero-order chi connectivity index (χ0) is 9.19. The van der Waals surface area contributed by atoms with Crippen LogP contribution in [0.2, 0.25) is 0 Å². The fraction of sp³-hybridized carbons (Fsp3) is 0.857. The third-order valence-electron chi connectivity index (χ3n) is 1.57. The Hall–Kier alpha value is -0.390. The average Bonchev–Trinajstić information content (AvgIpc) is 2.26. The van der Waals surface area contributed by atoms with Gasteiger partial charge in [0.1, 0.15) is 6.10 Å². The van der Waals surface area contributed by atoms with Crippen LogP contribution in [0, 0.1) is 0 Å². The van der Waals surface area contributed by atoms with Gasteiger partial charge in [-0.2, -0.15) is 0 Å². The van der Waals surface area contributed by atoms with E-state index in [2.05, 4.69) is 17.5 Å². The van der Waals surface area contributed by atoms with Gasteiger partial charge in [0.2, 0.25) is 0 Å². The van der Waals surface area contributed by atoms with Crippen LogP contribution in [-0.2, 0) is 9.47 Å². The highest BCUT2D eigenvalue weighted by molar-refractivity contribution is 7.80. The highest BCUT2D eigenvalue weighted by atomic mass is 32.1. The van der Waals surface area contributed by atoms with Crippen molar-refractivity contribution >= 4 is 17.3 Å². The van der Waals surface area contributed by atoms with Crippen LogP contribution in [0.4, 0.5) is 0 Å². The van der Waals surface area contributed by atoms with Gasteiger partial charge in [-0.1, -0.05) is 0 Å². The summed E-state index contributed by atoms with van der Waals surface area (Å²) in [5.74, 6) is -0.470. The van der Waals surface area contributed by atoms with Crippen molar-refractivity contribution in [2.24, 2.45) is 5.73 Å². The molecule has 0 saturated carbocycles. The summed E-state index contributed by atoms with van der Waals surface area (Å²) in [6, 6.07) is 0. The van der Waals surface area contributed by atoms with Gasteiger partial charge < -0.3 is 20.5 Å². The highest BCUT2D eigenvalue weighted by Gasteiger charge is 2.32. The zero-order valence-corrected chi connectivity index (χ0v) is 8.11. The van der Waals surface area contributed by atoms with E-state index in [-0.39, 0.29) is 6.10 Å². The lowest BCUT2D eigenvalue weighted by molar-refractivity contribution is -0.137. The number of nitrogens with one attached hydrogen (secondary N) is 1. The van der Waals surface area contributed by atoms with Gasteiger partial charge in [0.25, 0.3) is 0 Å². The molecule has 1 unspecified atom stereocenters. The lowest BCUT2D eigenvalue weighted by Gasteiger charge is -2.17. The van der Waals surface area contributed by atoms with Gasteiger partial charge in [-0.05, 0) is 26.1 Å². The first-order valence-corrected chi connectivity index (χ1v) is 4.25. The maximum Gasteiger partial charge on any atom is 0.163 e. The van der Waals surface area contributed by atoms with E-state index in [1.807, 2.05) is 13.8 Å². The standard InChI is InChI=1S/C7H14N2O2S/c1-7(2)10-4-5(11-7)3-9-6(8)12/h5H,3-4H2,1-2H3,(H3,8,9,12). The van der Waals surface area contributed by atoms with Crippen LogP contribution in [0.15, 0.2) is 0 Å². The van der Waals surface area contributed by atoms with Crippen LogP contribution in [0.3, 0.4) is 0 Å². The molecule has 1 aliphatic rings. The summed E-state index contributed by atoms with van der Waals surface area (Å²) in [6.07, 6.45) is 0.0431. The molecule has 1 fully saturated rings. The number of thiocarbonyl (C=S) groups is 1. The maximum absolute atomic E-state index is 5.50. The molecule has 3 N–H and O–H groups in total. The second-order valence-electron chi connectivity index (χ2n) is 3.20. The molecular weight excluding hydrogens is 176 g/mol. The van der Waals surface area contributed by atoms with Gasteiger partial charge in [0.05, 0.1) is 6.61 Å². The van der Waals surface area contributed by atoms with Crippen LogP contribution in [0.5, 0.6) is 0 Å². The Balaban J connectivity index is 2.24. The molecule has 0 aromatic carbocycles. The van der Waals surface area contributed by atoms with Gasteiger partial charge in [-0.25, -0.2) is 0 Å². The van der Waals surface area contributed by atoms with Crippen molar-refractivity contribution in [1.82, 2.24) is 5.32 Å². The quantitative estimate of drug-likeness (QED) is 0.599. The molecule has 0 aromatic rings. The minimum absolute atomic E-state index is 0.0431. The zero-order valence-electron chi connectivity index (χ0n) is 7.29. The Labute approximate surface area is 77.4 Å². The summed E-state index contributed by atoms with van der Waals surface area (Å²) in [5, 5.41) is 3.12. The molecule has 1 aliphatic heterocycles. The predicted octanol–water partition coefficient (Wildman–Crippen LogP) is -0.0289. The summed E-state index contributed by atoms with van der Waals surface area (Å²) in [5.41, 5.74) is 5.26. The number of nitrogens with two attached hydrogens (primary N) is 1. The average molecular weight is 190 g/mol. The van der Waals surface area contributed by atoms with E-state index in [1.165, 1.54) is 0 Å². The Kier molecular flexibility index (Phi) is 2.87. The summed E-state index contributed by atoms with van der Waals surface area (Å²) in [6.45, 7) is 4.96. The Morgan fingerprint density at radius 1 is 1.75 bits per heavy atom. The van der Waals surface area contributed by atoms with Gasteiger partial charge in [-0.15, -0.1) is 0 Å². The summed E-state index contributed by atoms with van der Waals surface area (Å²) in [7, 11) is 0. The molecule has 1 rings (SSSR count). The molecular formula is C7H14N2O2S. The molecule has 5 heteroatoms. The van der Waals surface area contributed by atoms with Crippen LogP contribution in [0.25, 0.3) is 0 Å². The first-order valence-electron chi connectivity index (χ1n) is 3.85. The predicted molar refractivity (Wildman–Crippen MR) is 49.7 cm³/mol. The molecule has 0 spiro atoms.